The Balaban J connectivity index is 0.00000529. The van der Waals surface area contributed by atoms with Crippen LogP contribution in [0.4, 0.5) is 0 Å². The van der Waals surface area contributed by atoms with Crippen molar-refractivity contribution in [3.8, 4) is 5.88 Å². The molecule has 0 unspecified atom stereocenters. The van der Waals surface area contributed by atoms with Crippen molar-refractivity contribution in [2.75, 3.05) is 25.1 Å². The lowest BCUT2D eigenvalue weighted by atomic mass is 10.3. The van der Waals surface area contributed by atoms with Crippen molar-refractivity contribution >= 4 is 41.7 Å². The van der Waals surface area contributed by atoms with Crippen LogP contribution in [0, 0.1) is 0 Å². The lowest BCUT2D eigenvalue weighted by Gasteiger charge is -2.11. The zero-order valence-corrected chi connectivity index (χ0v) is 18.3. The van der Waals surface area contributed by atoms with Gasteiger partial charge in [0.25, 0.3) is 0 Å². The predicted molar refractivity (Wildman–Crippen MR) is 116 cm³/mol. The first-order chi connectivity index (χ1) is 11.2. The first-order valence-electron chi connectivity index (χ1n) is 8.28. The maximum absolute atomic E-state index is 5.55. The summed E-state index contributed by atoms with van der Waals surface area (Å²) < 4.78 is 5.55. The summed E-state index contributed by atoms with van der Waals surface area (Å²) >= 11 is 1.89. The van der Waals surface area contributed by atoms with E-state index in [1.165, 1.54) is 12.2 Å². The first kappa shape index (κ1) is 23.3. The predicted octanol–water partition coefficient (Wildman–Crippen LogP) is 3.69. The van der Waals surface area contributed by atoms with E-state index in [0.717, 1.165) is 31.0 Å². The van der Waals surface area contributed by atoms with E-state index in [1.54, 1.807) is 0 Å². The van der Waals surface area contributed by atoms with Gasteiger partial charge in [-0.15, -0.1) is 24.0 Å². The van der Waals surface area contributed by atoms with Gasteiger partial charge in [-0.05, 0) is 51.2 Å². The standard InChI is InChI=1S/C17H30N4OS.HI/c1-5-18-17(19-10-6-7-11-23-4)21-13-15-8-9-16(20-12-15)22-14(2)3;/h8-9,12,14H,5-7,10-11,13H2,1-4H3,(H2,18,19,21);1H. The van der Waals surface area contributed by atoms with Crippen LogP contribution in [-0.4, -0.2) is 42.1 Å². The Bertz CT molecular complexity index is 454. The maximum Gasteiger partial charge on any atom is 0.213 e. The fourth-order valence-corrected chi connectivity index (χ4v) is 2.40. The molecular formula is C17H31IN4OS. The van der Waals surface area contributed by atoms with Gasteiger partial charge in [-0.25, -0.2) is 9.98 Å². The summed E-state index contributed by atoms with van der Waals surface area (Å²) in [6.07, 6.45) is 6.50. The number of guanidine groups is 1. The summed E-state index contributed by atoms with van der Waals surface area (Å²) in [5.41, 5.74) is 1.07. The lowest BCUT2D eigenvalue weighted by Crippen LogP contribution is -2.37. The number of pyridine rings is 1. The molecule has 0 amide bonds. The van der Waals surface area contributed by atoms with E-state index >= 15 is 0 Å². The number of halogens is 1. The number of nitrogens with one attached hydrogen (secondary N) is 2. The van der Waals surface area contributed by atoms with Crippen LogP contribution in [0.15, 0.2) is 23.3 Å². The van der Waals surface area contributed by atoms with E-state index in [-0.39, 0.29) is 30.1 Å². The molecule has 0 atom stereocenters. The molecule has 1 heterocycles. The van der Waals surface area contributed by atoms with Gasteiger partial charge in [0.05, 0.1) is 12.6 Å². The van der Waals surface area contributed by atoms with Crippen LogP contribution in [0.1, 0.15) is 39.2 Å². The summed E-state index contributed by atoms with van der Waals surface area (Å²) in [6, 6.07) is 3.91. The van der Waals surface area contributed by atoms with Crippen molar-refractivity contribution in [2.24, 2.45) is 4.99 Å². The van der Waals surface area contributed by atoms with Gasteiger partial charge in [0.1, 0.15) is 0 Å². The Morgan fingerprint density at radius 1 is 1.29 bits per heavy atom. The Morgan fingerprint density at radius 2 is 2.08 bits per heavy atom. The normalized spacial score (nSPS) is 11.1. The zero-order chi connectivity index (χ0) is 16.9. The van der Waals surface area contributed by atoms with E-state index < -0.39 is 0 Å². The molecule has 0 spiro atoms. The number of aromatic nitrogens is 1. The highest BCUT2D eigenvalue weighted by molar-refractivity contribution is 14.0. The first-order valence-corrected chi connectivity index (χ1v) is 9.67. The minimum absolute atomic E-state index is 0. The van der Waals surface area contributed by atoms with Gasteiger partial charge in [0.15, 0.2) is 5.96 Å². The summed E-state index contributed by atoms with van der Waals surface area (Å²) in [6.45, 7) is 8.47. The van der Waals surface area contributed by atoms with Crippen LogP contribution >= 0.6 is 35.7 Å². The number of thioether (sulfide) groups is 1. The number of hydrogen-bond donors (Lipinski definition) is 2. The Hall–Kier alpha value is -0.700. The molecule has 1 aromatic rings. The molecule has 0 bridgehead atoms. The van der Waals surface area contributed by atoms with Crippen molar-refractivity contribution in [2.45, 2.75) is 46.3 Å². The minimum atomic E-state index is 0. The van der Waals surface area contributed by atoms with Crippen LogP contribution in [0.3, 0.4) is 0 Å². The molecule has 138 valence electrons. The van der Waals surface area contributed by atoms with Gasteiger partial charge in [-0.3, -0.25) is 0 Å². The van der Waals surface area contributed by atoms with Crippen molar-refractivity contribution in [3.63, 3.8) is 0 Å². The van der Waals surface area contributed by atoms with Gasteiger partial charge in [0, 0.05) is 25.4 Å². The van der Waals surface area contributed by atoms with Gasteiger partial charge in [0.2, 0.25) is 5.88 Å². The second-order valence-electron chi connectivity index (χ2n) is 5.49. The molecule has 0 aromatic carbocycles. The van der Waals surface area contributed by atoms with Crippen LogP contribution < -0.4 is 15.4 Å². The van der Waals surface area contributed by atoms with E-state index in [1.807, 2.05) is 43.9 Å². The van der Waals surface area contributed by atoms with Crippen LogP contribution in [0.2, 0.25) is 0 Å². The second kappa shape index (κ2) is 14.6. The second-order valence-corrected chi connectivity index (χ2v) is 6.48. The van der Waals surface area contributed by atoms with Crippen molar-refractivity contribution < 1.29 is 4.74 Å². The highest BCUT2D eigenvalue weighted by Gasteiger charge is 2.01. The third-order valence-corrected chi connectivity index (χ3v) is 3.68. The molecule has 0 saturated carbocycles. The molecular weight excluding hydrogens is 435 g/mol. The van der Waals surface area contributed by atoms with Crippen molar-refractivity contribution in [1.29, 1.82) is 0 Å². The molecule has 0 aliphatic rings. The number of rotatable bonds is 10. The molecule has 0 saturated heterocycles. The molecule has 0 aliphatic heterocycles. The molecule has 1 aromatic heterocycles. The number of nitrogens with zero attached hydrogens (tertiary/aromatic N) is 2. The smallest absolute Gasteiger partial charge is 0.213 e. The third kappa shape index (κ3) is 11.0. The van der Waals surface area contributed by atoms with E-state index in [4.69, 9.17) is 4.74 Å². The molecule has 5 nitrogen and oxygen atoms in total. The van der Waals surface area contributed by atoms with Gasteiger partial charge >= 0.3 is 0 Å². The average Bonchev–Trinajstić information content (AvgIpc) is 2.53. The van der Waals surface area contributed by atoms with Crippen LogP contribution in [0.25, 0.3) is 0 Å². The zero-order valence-electron chi connectivity index (χ0n) is 15.2. The van der Waals surface area contributed by atoms with Crippen LogP contribution in [0.5, 0.6) is 5.88 Å². The summed E-state index contributed by atoms with van der Waals surface area (Å²) in [5, 5.41) is 6.64. The largest absolute Gasteiger partial charge is 0.475 e. The number of hydrogen-bond acceptors (Lipinski definition) is 4. The molecule has 1 rings (SSSR count). The molecule has 0 aliphatic carbocycles. The highest BCUT2D eigenvalue weighted by Crippen LogP contribution is 2.10. The third-order valence-electron chi connectivity index (χ3n) is 2.99. The molecule has 2 N–H and O–H groups in total. The Kier molecular flexibility index (Phi) is 14.2. The molecule has 0 fully saturated rings. The highest BCUT2D eigenvalue weighted by atomic mass is 127. The monoisotopic (exact) mass is 466 g/mol. The summed E-state index contributed by atoms with van der Waals surface area (Å²) in [7, 11) is 0. The van der Waals surface area contributed by atoms with Crippen molar-refractivity contribution in [1.82, 2.24) is 15.6 Å². The van der Waals surface area contributed by atoms with Gasteiger partial charge in [-0.2, -0.15) is 11.8 Å². The quantitative estimate of drug-likeness (QED) is 0.239. The van der Waals surface area contributed by atoms with Gasteiger partial charge < -0.3 is 15.4 Å². The Labute approximate surface area is 167 Å². The Morgan fingerprint density at radius 3 is 2.67 bits per heavy atom. The van der Waals surface area contributed by atoms with Crippen LogP contribution in [-0.2, 0) is 6.54 Å². The lowest BCUT2D eigenvalue weighted by molar-refractivity contribution is 0.232. The van der Waals surface area contributed by atoms with E-state index in [9.17, 15) is 0 Å². The summed E-state index contributed by atoms with van der Waals surface area (Å²) in [4.78, 5) is 8.90. The van der Waals surface area contributed by atoms with E-state index in [0.29, 0.717) is 12.4 Å². The number of aliphatic imine (C=N–C) groups is 1. The average molecular weight is 466 g/mol. The summed E-state index contributed by atoms with van der Waals surface area (Å²) in [5.74, 6) is 2.73. The molecule has 7 heteroatoms. The van der Waals surface area contributed by atoms with Gasteiger partial charge in [-0.1, -0.05) is 6.07 Å². The minimum Gasteiger partial charge on any atom is -0.475 e. The molecule has 0 radical (unpaired) electrons. The maximum atomic E-state index is 5.55. The van der Waals surface area contributed by atoms with Crippen molar-refractivity contribution in [3.05, 3.63) is 23.9 Å². The fraction of sp³-hybridized carbons (Fsp3) is 0.647. The fourth-order valence-electron chi connectivity index (χ4n) is 1.91. The number of unbranched alkanes of at least 4 members (excludes halogenated alkanes) is 1. The SMILES string of the molecule is CCNC(=NCc1ccc(OC(C)C)nc1)NCCCCSC.I. The molecule has 24 heavy (non-hydrogen) atoms. The topological polar surface area (TPSA) is 58.5 Å². The number of ether oxygens (including phenoxy) is 1. The van der Waals surface area contributed by atoms with E-state index in [2.05, 4.69) is 33.8 Å².